The van der Waals surface area contributed by atoms with Gasteiger partial charge < -0.3 is 14.2 Å². The first-order valence-corrected chi connectivity index (χ1v) is 8.45. The van der Waals surface area contributed by atoms with Gasteiger partial charge in [0.15, 0.2) is 12.3 Å². The van der Waals surface area contributed by atoms with Crippen molar-refractivity contribution in [1.29, 1.82) is 0 Å². The number of ether oxygens (including phenoxy) is 3. The summed E-state index contributed by atoms with van der Waals surface area (Å²) in [6, 6.07) is 11.1. The second kappa shape index (κ2) is 8.34. The number of aliphatic imine (C=N–C) groups is 1. The Kier molecular flexibility index (Phi) is 5.68. The van der Waals surface area contributed by atoms with Crippen molar-refractivity contribution in [1.82, 2.24) is 0 Å². The minimum Gasteiger partial charge on any atom is -0.482 e. The standard InChI is InChI=1S/C20H16N2O7/c1-12-8-14(6-7-17(12)22(25)26)19-21-16(20(24)29-19)10-13-4-3-5-15(9-13)28-11-18(23)27-2/h3-10H,11H2,1-2H3/b16-10-. The van der Waals surface area contributed by atoms with E-state index in [1.807, 2.05) is 0 Å². The van der Waals surface area contributed by atoms with Gasteiger partial charge in [-0.25, -0.2) is 14.6 Å². The van der Waals surface area contributed by atoms with Gasteiger partial charge in [-0.15, -0.1) is 0 Å². The highest BCUT2D eigenvalue weighted by Gasteiger charge is 2.25. The number of esters is 2. The summed E-state index contributed by atoms with van der Waals surface area (Å²) in [4.78, 5) is 38.0. The van der Waals surface area contributed by atoms with Crippen molar-refractivity contribution < 1.29 is 28.7 Å². The molecule has 0 aliphatic carbocycles. The van der Waals surface area contributed by atoms with E-state index in [-0.39, 0.29) is 23.9 Å². The summed E-state index contributed by atoms with van der Waals surface area (Å²) in [7, 11) is 1.26. The van der Waals surface area contributed by atoms with E-state index in [4.69, 9.17) is 9.47 Å². The maximum absolute atomic E-state index is 12.2. The topological polar surface area (TPSA) is 117 Å². The molecule has 9 heteroatoms. The maximum atomic E-state index is 12.2. The molecule has 2 aromatic carbocycles. The fourth-order valence-corrected chi connectivity index (χ4v) is 2.58. The van der Waals surface area contributed by atoms with Crippen LogP contribution in [0.2, 0.25) is 0 Å². The monoisotopic (exact) mass is 396 g/mol. The number of hydrogen-bond acceptors (Lipinski definition) is 8. The van der Waals surface area contributed by atoms with E-state index >= 15 is 0 Å². The lowest BCUT2D eigenvalue weighted by molar-refractivity contribution is -0.385. The number of nitro benzene ring substituents is 1. The average Bonchev–Trinajstić information content (AvgIpc) is 3.06. The Morgan fingerprint density at radius 2 is 2.07 bits per heavy atom. The Hall–Kier alpha value is -4.01. The number of rotatable bonds is 6. The summed E-state index contributed by atoms with van der Waals surface area (Å²) in [5, 5.41) is 10.9. The lowest BCUT2D eigenvalue weighted by Gasteiger charge is -2.05. The van der Waals surface area contributed by atoms with Crippen LogP contribution in [-0.2, 0) is 19.1 Å². The SMILES string of the molecule is COC(=O)COc1cccc(/C=C2\N=C(c3ccc([N+](=O)[O-])c(C)c3)OC2=O)c1. The summed E-state index contributed by atoms with van der Waals surface area (Å²) < 4.78 is 15.0. The van der Waals surface area contributed by atoms with E-state index in [1.54, 1.807) is 31.2 Å². The van der Waals surface area contributed by atoms with E-state index in [0.717, 1.165) is 0 Å². The van der Waals surface area contributed by atoms with Crippen LogP contribution in [0, 0.1) is 17.0 Å². The Morgan fingerprint density at radius 1 is 1.28 bits per heavy atom. The van der Waals surface area contributed by atoms with Crippen LogP contribution in [0.5, 0.6) is 5.75 Å². The predicted octanol–water partition coefficient (Wildman–Crippen LogP) is 2.80. The molecule has 0 amide bonds. The van der Waals surface area contributed by atoms with Crippen molar-refractivity contribution in [2.75, 3.05) is 13.7 Å². The summed E-state index contributed by atoms with van der Waals surface area (Å²) in [6.45, 7) is 1.36. The molecule has 0 radical (unpaired) electrons. The molecule has 0 spiro atoms. The maximum Gasteiger partial charge on any atom is 0.363 e. The van der Waals surface area contributed by atoms with Crippen molar-refractivity contribution in [3.8, 4) is 5.75 Å². The average molecular weight is 396 g/mol. The zero-order chi connectivity index (χ0) is 21.0. The fourth-order valence-electron chi connectivity index (χ4n) is 2.58. The van der Waals surface area contributed by atoms with Gasteiger partial charge in [-0.2, -0.15) is 0 Å². The number of methoxy groups -OCH3 is 1. The van der Waals surface area contributed by atoms with Crippen LogP contribution in [0.25, 0.3) is 6.08 Å². The van der Waals surface area contributed by atoms with Crippen LogP contribution in [-0.4, -0.2) is 36.5 Å². The van der Waals surface area contributed by atoms with Gasteiger partial charge in [0, 0.05) is 17.2 Å². The number of cyclic esters (lactones) is 1. The van der Waals surface area contributed by atoms with Crippen LogP contribution in [0.4, 0.5) is 5.69 Å². The third-order valence-electron chi connectivity index (χ3n) is 4.01. The molecule has 2 aromatic rings. The van der Waals surface area contributed by atoms with E-state index in [9.17, 15) is 19.7 Å². The van der Waals surface area contributed by atoms with Gasteiger partial charge in [0.05, 0.1) is 12.0 Å². The molecule has 0 saturated carbocycles. The molecule has 0 N–H and O–H groups in total. The van der Waals surface area contributed by atoms with Gasteiger partial charge >= 0.3 is 11.9 Å². The molecule has 29 heavy (non-hydrogen) atoms. The minimum absolute atomic E-state index is 0.0294. The quantitative estimate of drug-likeness (QED) is 0.319. The lowest BCUT2D eigenvalue weighted by atomic mass is 10.1. The number of hydrogen-bond donors (Lipinski definition) is 0. The zero-order valence-electron chi connectivity index (χ0n) is 15.6. The van der Waals surface area contributed by atoms with E-state index in [0.29, 0.717) is 22.4 Å². The van der Waals surface area contributed by atoms with Crippen molar-refractivity contribution >= 4 is 29.6 Å². The van der Waals surface area contributed by atoms with Gasteiger partial charge in [-0.3, -0.25) is 10.1 Å². The first-order chi connectivity index (χ1) is 13.9. The summed E-state index contributed by atoms with van der Waals surface area (Å²) in [5.74, 6) is -0.665. The molecule has 9 nitrogen and oxygen atoms in total. The van der Waals surface area contributed by atoms with Crippen molar-refractivity contribution in [3.05, 3.63) is 75.0 Å². The molecule has 0 fully saturated rings. The first-order valence-electron chi connectivity index (χ1n) is 8.45. The summed E-state index contributed by atoms with van der Waals surface area (Å²) >= 11 is 0. The number of benzene rings is 2. The molecule has 1 aliphatic rings. The van der Waals surface area contributed by atoms with E-state index in [1.165, 1.54) is 31.4 Å². The van der Waals surface area contributed by atoms with Crippen molar-refractivity contribution in [2.45, 2.75) is 6.92 Å². The molecule has 1 heterocycles. The second-order valence-corrected chi connectivity index (χ2v) is 6.03. The highest BCUT2D eigenvalue weighted by atomic mass is 16.6. The van der Waals surface area contributed by atoms with Gasteiger partial charge in [-0.05, 0) is 42.8 Å². The minimum atomic E-state index is -0.642. The first kappa shape index (κ1) is 19.7. The van der Waals surface area contributed by atoms with Crippen molar-refractivity contribution in [2.24, 2.45) is 4.99 Å². The van der Waals surface area contributed by atoms with Gasteiger partial charge in [0.25, 0.3) is 5.69 Å². The predicted molar refractivity (Wildman–Crippen MR) is 102 cm³/mol. The Bertz CT molecular complexity index is 1060. The van der Waals surface area contributed by atoms with Gasteiger partial charge in [0.2, 0.25) is 5.90 Å². The zero-order valence-corrected chi connectivity index (χ0v) is 15.6. The summed E-state index contributed by atoms with van der Waals surface area (Å²) in [6.07, 6.45) is 1.51. The molecule has 3 rings (SSSR count). The van der Waals surface area contributed by atoms with E-state index < -0.39 is 16.9 Å². The highest BCUT2D eigenvalue weighted by molar-refractivity contribution is 6.13. The van der Waals surface area contributed by atoms with Crippen LogP contribution in [0.15, 0.2) is 53.2 Å². The number of carbonyl (C=O) groups excluding carboxylic acids is 2. The van der Waals surface area contributed by atoms with Gasteiger partial charge in [-0.1, -0.05) is 12.1 Å². The number of nitro groups is 1. The molecule has 0 bridgehead atoms. The Morgan fingerprint density at radius 3 is 2.76 bits per heavy atom. The van der Waals surface area contributed by atoms with Gasteiger partial charge in [0.1, 0.15) is 5.75 Å². The lowest BCUT2D eigenvalue weighted by Crippen LogP contribution is -2.12. The molecule has 0 saturated heterocycles. The molecule has 0 aromatic heterocycles. The van der Waals surface area contributed by atoms with Crippen LogP contribution < -0.4 is 4.74 Å². The largest absolute Gasteiger partial charge is 0.482 e. The molecular formula is C20H16N2O7. The summed E-state index contributed by atoms with van der Waals surface area (Å²) in [5.41, 5.74) is 1.54. The Labute approximate surface area is 165 Å². The molecule has 0 atom stereocenters. The fraction of sp³-hybridized carbons (Fsp3) is 0.150. The molecule has 1 aliphatic heterocycles. The third-order valence-corrected chi connectivity index (χ3v) is 4.01. The van der Waals surface area contributed by atoms with Crippen LogP contribution >= 0.6 is 0 Å². The number of nitrogens with zero attached hydrogens (tertiary/aromatic N) is 2. The molecule has 0 unspecified atom stereocenters. The Balaban J connectivity index is 1.83. The molecule has 148 valence electrons. The number of carbonyl (C=O) groups is 2. The third kappa shape index (κ3) is 4.64. The van der Waals surface area contributed by atoms with Crippen molar-refractivity contribution in [3.63, 3.8) is 0 Å². The molecular weight excluding hydrogens is 380 g/mol. The number of aryl methyl sites for hydroxylation is 1. The van der Waals surface area contributed by atoms with Crippen LogP contribution in [0.1, 0.15) is 16.7 Å². The van der Waals surface area contributed by atoms with Crippen LogP contribution in [0.3, 0.4) is 0 Å². The second-order valence-electron chi connectivity index (χ2n) is 6.03. The normalized spacial score (nSPS) is 14.3. The van der Waals surface area contributed by atoms with E-state index in [2.05, 4.69) is 9.73 Å². The smallest absolute Gasteiger partial charge is 0.363 e. The highest BCUT2D eigenvalue weighted by Crippen LogP contribution is 2.24.